The van der Waals surface area contributed by atoms with E-state index < -0.39 is 0 Å². The number of hydrogen-bond acceptors (Lipinski definition) is 2. The van der Waals surface area contributed by atoms with Crippen molar-refractivity contribution < 1.29 is 4.79 Å². The van der Waals surface area contributed by atoms with Crippen LogP contribution in [0.4, 0.5) is 5.69 Å². The predicted molar refractivity (Wildman–Crippen MR) is 102 cm³/mol. The highest BCUT2D eigenvalue weighted by Gasteiger charge is 2.08. The Morgan fingerprint density at radius 1 is 1.04 bits per heavy atom. The molecule has 0 saturated carbocycles. The number of hydrogen-bond donors (Lipinski definition) is 1. The van der Waals surface area contributed by atoms with Crippen LogP contribution >= 0.6 is 23.2 Å². The third-order valence-corrected chi connectivity index (χ3v) is 4.56. The largest absolute Gasteiger partial charge is 0.375 e. The van der Waals surface area contributed by atoms with Gasteiger partial charge in [-0.3, -0.25) is 4.79 Å². The van der Waals surface area contributed by atoms with E-state index in [1.807, 2.05) is 18.2 Å². The van der Waals surface area contributed by atoms with Crippen LogP contribution in [0.3, 0.4) is 0 Å². The van der Waals surface area contributed by atoms with Gasteiger partial charge in [0.05, 0.1) is 0 Å². The molecule has 1 N–H and O–H groups in total. The van der Waals surface area contributed by atoms with Gasteiger partial charge in [-0.1, -0.05) is 47.5 Å². The number of carbonyl (C=O) groups is 1. The fourth-order valence-corrected chi connectivity index (χ4v) is 3.04. The number of rotatable bonds is 8. The monoisotopic (exact) mass is 364 g/mol. The van der Waals surface area contributed by atoms with Crippen molar-refractivity contribution in [2.45, 2.75) is 19.3 Å². The van der Waals surface area contributed by atoms with Crippen LogP contribution in [0, 0.1) is 0 Å². The molecule has 3 nitrogen and oxygen atoms in total. The Kier molecular flexibility index (Phi) is 7.41. The summed E-state index contributed by atoms with van der Waals surface area (Å²) in [6, 6.07) is 15.6. The van der Waals surface area contributed by atoms with Gasteiger partial charge in [0.1, 0.15) is 0 Å². The van der Waals surface area contributed by atoms with Gasteiger partial charge >= 0.3 is 0 Å². The number of halogens is 2. The van der Waals surface area contributed by atoms with Crippen LogP contribution in [0.5, 0.6) is 0 Å². The quantitative estimate of drug-likeness (QED) is 0.695. The first kappa shape index (κ1) is 18.6. The lowest BCUT2D eigenvalue weighted by Crippen LogP contribution is -2.28. The van der Waals surface area contributed by atoms with Crippen LogP contribution in [0.2, 0.25) is 10.0 Å². The van der Waals surface area contributed by atoms with Crippen molar-refractivity contribution in [1.29, 1.82) is 0 Å². The second-order valence-corrected chi connectivity index (χ2v) is 6.48. The van der Waals surface area contributed by atoms with Crippen LogP contribution in [0.1, 0.15) is 18.4 Å². The van der Waals surface area contributed by atoms with Crippen molar-refractivity contribution in [3.8, 4) is 0 Å². The second kappa shape index (κ2) is 9.55. The fraction of sp³-hybridized carbons (Fsp3) is 0.316. The summed E-state index contributed by atoms with van der Waals surface area (Å²) in [6.07, 6.45) is 1.83. The molecule has 0 aliphatic carbocycles. The van der Waals surface area contributed by atoms with E-state index in [4.69, 9.17) is 23.2 Å². The Labute approximate surface area is 153 Å². The zero-order valence-corrected chi connectivity index (χ0v) is 15.3. The second-order valence-electron chi connectivity index (χ2n) is 5.66. The molecule has 0 aromatic heterocycles. The minimum atomic E-state index is 0.0216. The van der Waals surface area contributed by atoms with E-state index in [9.17, 15) is 4.79 Å². The van der Waals surface area contributed by atoms with Gasteiger partial charge < -0.3 is 10.2 Å². The Morgan fingerprint density at radius 3 is 2.38 bits per heavy atom. The summed E-state index contributed by atoms with van der Waals surface area (Å²) in [4.78, 5) is 14.1. The summed E-state index contributed by atoms with van der Waals surface area (Å²) < 4.78 is 0. The molecule has 0 atom stereocenters. The summed E-state index contributed by atoms with van der Waals surface area (Å²) in [6.45, 7) is 1.55. The van der Waals surface area contributed by atoms with E-state index in [-0.39, 0.29) is 5.91 Å². The normalized spacial score (nSPS) is 10.5. The Bertz CT molecular complexity index is 641. The van der Waals surface area contributed by atoms with Gasteiger partial charge in [0.15, 0.2) is 0 Å². The molecule has 2 rings (SSSR count). The van der Waals surface area contributed by atoms with Crippen LogP contribution < -0.4 is 10.2 Å². The van der Waals surface area contributed by atoms with Crippen LogP contribution in [-0.4, -0.2) is 26.0 Å². The van der Waals surface area contributed by atoms with Crippen LogP contribution in [-0.2, 0) is 11.2 Å². The van der Waals surface area contributed by atoms with Crippen molar-refractivity contribution in [2.24, 2.45) is 0 Å². The lowest BCUT2D eigenvalue weighted by Gasteiger charge is -2.19. The van der Waals surface area contributed by atoms with E-state index in [0.29, 0.717) is 29.4 Å². The van der Waals surface area contributed by atoms with Gasteiger partial charge in [-0.15, -0.1) is 0 Å². The summed E-state index contributed by atoms with van der Waals surface area (Å²) in [7, 11) is 2.05. The maximum absolute atomic E-state index is 11.9. The van der Waals surface area contributed by atoms with Crippen LogP contribution in [0.25, 0.3) is 0 Å². The van der Waals surface area contributed by atoms with Crippen molar-refractivity contribution >= 4 is 34.8 Å². The molecular formula is C19H22Cl2N2O. The third kappa shape index (κ3) is 5.73. The van der Waals surface area contributed by atoms with Gasteiger partial charge in [-0.05, 0) is 42.7 Å². The smallest absolute Gasteiger partial charge is 0.220 e. The molecule has 0 aliphatic heterocycles. The SMILES string of the molecule is CN(CCCNC(=O)CCc1c(Cl)cccc1Cl)c1ccccc1. The molecule has 2 aromatic rings. The highest BCUT2D eigenvalue weighted by molar-refractivity contribution is 6.36. The minimum Gasteiger partial charge on any atom is -0.375 e. The number of nitrogens with one attached hydrogen (secondary N) is 1. The van der Waals surface area contributed by atoms with Crippen molar-refractivity contribution in [3.63, 3.8) is 0 Å². The molecule has 0 radical (unpaired) electrons. The van der Waals surface area contributed by atoms with Crippen molar-refractivity contribution in [3.05, 3.63) is 64.1 Å². The Balaban J connectivity index is 1.67. The van der Waals surface area contributed by atoms with Crippen molar-refractivity contribution in [1.82, 2.24) is 5.32 Å². The van der Waals surface area contributed by atoms with E-state index in [2.05, 4.69) is 29.4 Å². The van der Waals surface area contributed by atoms with Gasteiger partial charge in [-0.25, -0.2) is 0 Å². The molecule has 0 bridgehead atoms. The highest BCUT2D eigenvalue weighted by atomic mass is 35.5. The van der Waals surface area contributed by atoms with Gasteiger partial charge in [0, 0.05) is 42.3 Å². The summed E-state index contributed by atoms with van der Waals surface area (Å²) in [5.41, 5.74) is 2.01. The molecule has 128 valence electrons. The first-order chi connectivity index (χ1) is 11.6. The average Bonchev–Trinajstić information content (AvgIpc) is 2.59. The van der Waals surface area contributed by atoms with E-state index in [1.54, 1.807) is 18.2 Å². The molecule has 0 aliphatic rings. The molecule has 1 amide bonds. The minimum absolute atomic E-state index is 0.0216. The molecular weight excluding hydrogens is 343 g/mol. The number of carbonyl (C=O) groups excluding carboxylic acids is 1. The first-order valence-corrected chi connectivity index (χ1v) is 8.79. The number of anilines is 1. The zero-order valence-electron chi connectivity index (χ0n) is 13.8. The van der Waals surface area contributed by atoms with Crippen molar-refractivity contribution in [2.75, 3.05) is 25.0 Å². The van der Waals surface area contributed by atoms with Crippen LogP contribution in [0.15, 0.2) is 48.5 Å². The van der Waals surface area contributed by atoms with E-state index >= 15 is 0 Å². The number of benzene rings is 2. The summed E-state index contributed by atoms with van der Waals surface area (Å²) in [5.74, 6) is 0.0216. The van der Waals surface area contributed by atoms with Gasteiger partial charge in [-0.2, -0.15) is 0 Å². The number of para-hydroxylation sites is 1. The van der Waals surface area contributed by atoms with Gasteiger partial charge in [0.2, 0.25) is 5.91 Å². The molecule has 0 fully saturated rings. The molecule has 24 heavy (non-hydrogen) atoms. The van der Waals surface area contributed by atoms with E-state index in [0.717, 1.165) is 18.5 Å². The number of amides is 1. The third-order valence-electron chi connectivity index (χ3n) is 3.85. The lowest BCUT2D eigenvalue weighted by molar-refractivity contribution is -0.121. The van der Waals surface area contributed by atoms with Gasteiger partial charge in [0.25, 0.3) is 0 Å². The number of nitrogens with zero attached hydrogens (tertiary/aromatic N) is 1. The zero-order chi connectivity index (χ0) is 17.4. The Morgan fingerprint density at radius 2 is 1.71 bits per heavy atom. The molecule has 0 saturated heterocycles. The summed E-state index contributed by atoms with van der Waals surface area (Å²) in [5, 5.41) is 4.17. The molecule has 0 heterocycles. The lowest BCUT2D eigenvalue weighted by atomic mass is 10.1. The maximum atomic E-state index is 11.9. The topological polar surface area (TPSA) is 32.3 Å². The predicted octanol–water partition coefficient (Wildman–Crippen LogP) is 4.57. The molecule has 5 heteroatoms. The molecule has 0 spiro atoms. The molecule has 0 unspecified atom stereocenters. The summed E-state index contributed by atoms with van der Waals surface area (Å²) >= 11 is 12.2. The first-order valence-electron chi connectivity index (χ1n) is 8.03. The maximum Gasteiger partial charge on any atom is 0.220 e. The molecule has 2 aromatic carbocycles. The average molecular weight is 365 g/mol. The highest BCUT2D eigenvalue weighted by Crippen LogP contribution is 2.25. The Hall–Kier alpha value is -1.71. The standard InChI is InChI=1S/C19H22Cl2N2O/c1-23(15-7-3-2-4-8-15)14-6-13-22-19(24)12-11-16-17(20)9-5-10-18(16)21/h2-5,7-10H,6,11-14H2,1H3,(H,22,24). The van der Waals surface area contributed by atoms with E-state index in [1.165, 1.54) is 5.69 Å². The fourth-order valence-electron chi connectivity index (χ4n) is 2.45.